The third-order valence-electron chi connectivity index (χ3n) is 3.88. The number of thiazole rings is 1. The molecule has 0 spiro atoms. The van der Waals surface area contributed by atoms with Crippen molar-refractivity contribution in [3.8, 4) is 10.4 Å². The lowest BCUT2D eigenvalue weighted by molar-refractivity contribution is 0.112. The van der Waals surface area contributed by atoms with Gasteiger partial charge < -0.3 is 0 Å². The van der Waals surface area contributed by atoms with Crippen LogP contribution in [0.5, 0.6) is 0 Å². The Morgan fingerprint density at radius 1 is 1.30 bits per heavy atom. The van der Waals surface area contributed by atoms with Gasteiger partial charge in [0.2, 0.25) is 0 Å². The lowest BCUT2D eigenvalue weighted by atomic mass is 9.92. The predicted molar refractivity (Wildman–Crippen MR) is 83.6 cm³/mol. The maximum atomic E-state index is 10.9. The Morgan fingerprint density at radius 2 is 2.20 bits per heavy atom. The van der Waals surface area contributed by atoms with E-state index in [1.54, 1.807) is 0 Å². The van der Waals surface area contributed by atoms with Gasteiger partial charge in [0, 0.05) is 5.56 Å². The maximum Gasteiger partial charge on any atom is 0.150 e. The van der Waals surface area contributed by atoms with E-state index in [2.05, 4.69) is 13.0 Å². The Kier molecular flexibility index (Phi) is 3.97. The molecule has 2 aromatic rings. The molecule has 3 rings (SSSR count). The van der Waals surface area contributed by atoms with E-state index in [-0.39, 0.29) is 0 Å². The minimum absolute atomic E-state index is 0.778. The summed E-state index contributed by atoms with van der Waals surface area (Å²) < 4.78 is 0. The first-order valence-corrected chi connectivity index (χ1v) is 8.20. The number of rotatable bonds is 5. The molecule has 0 unspecified atom stereocenters. The van der Waals surface area contributed by atoms with Crippen LogP contribution in [0.4, 0.5) is 0 Å². The van der Waals surface area contributed by atoms with Gasteiger partial charge in [-0.2, -0.15) is 0 Å². The van der Waals surface area contributed by atoms with E-state index < -0.39 is 0 Å². The summed E-state index contributed by atoms with van der Waals surface area (Å²) in [6.07, 6.45) is 7.81. The number of carbonyl (C=O) groups excluding carboxylic acids is 1. The highest BCUT2D eigenvalue weighted by molar-refractivity contribution is 7.15. The van der Waals surface area contributed by atoms with Crippen LogP contribution in [0.2, 0.25) is 0 Å². The molecule has 1 aliphatic carbocycles. The third-order valence-corrected chi connectivity index (χ3v) is 5.07. The number of hydrogen-bond acceptors (Lipinski definition) is 3. The number of aromatic nitrogens is 1. The molecule has 0 bridgehead atoms. The molecule has 104 valence electrons. The van der Waals surface area contributed by atoms with Crippen LogP contribution in [0.25, 0.3) is 10.4 Å². The van der Waals surface area contributed by atoms with E-state index >= 15 is 0 Å². The highest BCUT2D eigenvalue weighted by atomic mass is 32.1. The van der Waals surface area contributed by atoms with Gasteiger partial charge in [-0.3, -0.25) is 4.79 Å². The van der Waals surface area contributed by atoms with Crippen molar-refractivity contribution < 1.29 is 4.79 Å². The topological polar surface area (TPSA) is 30.0 Å². The molecule has 0 N–H and O–H groups in total. The largest absolute Gasteiger partial charge is 0.298 e. The van der Waals surface area contributed by atoms with E-state index in [9.17, 15) is 4.79 Å². The van der Waals surface area contributed by atoms with Gasteiger partial charge >= 0.3 is 0 Å². The molecule has 0 atom stereocenters. The Bertz CT molecular complexity index is 630. The van der Waals surface area contributed by atoms with Crippen molar-refractivity contribution in [3.05, 3.63) is 40.0 Å². The van der Waals surface area contributed by atoms with Crippen molar-refractivity contribution >= 4 is 17.6 Å². The van der Waals surface area contributed by atoms with Gasteiger partial charge in [0.25, 0.3) is 0 Å². The highest BCUT2D eigenvalue weighted by Crippen LogP contribution is 2.38. The van der Waals surface area contributed by atoms with Crippen molar-refractivity contribution in [1.82, 2.24) is 4.98 Å². The first-order valence-electron chi connectivity index (χ1n) is 7.39. The Morgan fingerprint density at radius 3 is 3.00 bits per heavy atom. The summed E-state index contributed by atoms with van der Waals surface area (Å²) in [6.45, 7) is 2.23. The SMILES string of the molecule is CCCCCc1nc2c(s1)-c1ccc(C=O)cc1CC2. The van der Waals surface area contributed by atoms with Crippen LogP contribution in [0.1, 0.15) is 52.8 Å². The maximum absolute atomic E-state index is 10.9. The zero-order valence-corrected chi connectivity index (χ0v) is 12.6. The quantitative estimate of drug-likeness (QED) is 0.600. The van der Waals surface area contributed by atoms with Gasteiger partial charge in [0.15, 0.2) is 0 Å². The molecule has 2 nitrogen and oxygen atoms in total. The number of unbranched alkanes of at least 4 members (excludes halogenated alkanes) is 2. The fourth-order valence-electron chi connectivity index (χ4n) is 2.78. The van der Waals surface area contributed by atoms with Crippen molar-refractivity contribution in [1.29, 1.82) is 0 Å². The molecule has 1 heterocycles. The van der Waals surface area contributed by atoms with E-state index in [0.29, 0.717) is 0 Å². The second-order valence-corrected chi connectivity index (χ2v) is 6.46. The van der Waals surface area contributed by atoms with Gasteiger partial charge in [0.1, 0.15) is 6.29 Å². The molecule has 0 amide bonds. The summed E-state index contributed by atoms with van der Waals surface area (Å²) in [7, 11) is 0. The molecule has 0 fully saturated rings. The molecular weight excluding hydrogens is 266 g/mol. The van der Waals surface area contributed by atoms with Crippen LogP contribution in [0, 0.1) is 0 Å². The number of aryl methyl sites for hydroxylation is 3. The lowest BCUT2D eigenvalue weighted by Crippen LogP contribution is -2.03. The minimum atomic E-state index is 0.778. The average molecular weight is 285 g/mol. The normalized spacial score (nSPS) is 12.8. The summed E-state index contributed by atoms with van der Waals surface area (Å²) in [5.41, 5.74) is 4.62. The van der Waals surface area contributed by atoms with Gasteiger partial charge in [-0.15, -0.1) is 11.3 Å². The zero-order valence-electron chi connectivity index (χ0n) is 11.8. The number of nitrogens with zero attached hydrogens (tertiary/aromatic N) is 1. The summed E-state index contributed by atoms with van der Waals surface area (Å²) >= 11 is 1.84. The van der Waals surface area contributed by atoms with Gasteiger partial charge in [-0.05, 0) is 42.9 Å². The summed E-state index contributed by atoms with van der Waals surface area (Å²) in [4.78, 5) is 17.0. The zero-order chi connectivity index (χ0) is 13.9. The van der Waals surface area contributed by atoms with Gasteiger partial charge in [-0.1, -0.05) is 31.9 Å². The molecule has 1 aromatic heterocycles. The highest BCUT2D eigenvalue weighted by Gasteiger charge is 2.20. The van der Waals surface area contributed by atoms with Crippen LogP contribution in [0.15, 0.2) is 18.2 Å². The van der Waals surface area contributed by atoms with Crippen LogP contribution in [0.3, 0.4) is 0 Å². The smallest absolute Gasteiger partial charge is 0.150 e. The van der Waals surface area contributed by atoms with E-state index in [1.807, 2.05) is 23.5 Å². The number of aldehydes is 1. The average Bonchev–Trinajstić information content (AvgIpc) is 2.90. The molecule has 1 aliphatic rings. The van der Waals surface area contributed by atoms with Crippen molar-refractivity contribution in [2.24, 2.45) is 0 Å². The van der Waals surface area contributed by atoms with E-state index in [4.69, 9.17) is 4.98 Å². The first-order chi connectivity index (χ1) is 9.81. The summed E-state index contributed by atoms with van der Waals surface area (Å²) in [6, 6.07) is 6.03. The Labute approximate surface area is 123 Å². The standard InChI is InChI=1S/C17H19NOS/c1-2-3-4-5-16-18-15-9-7-13-10-12(11-19)6-8-14(13)17(15)20-16/h6,8,10-11H,2-5,7,9H2,1H3. The minimum Gasteiger partial charge on any atom is -0.298 e. The number of benzene rings is 1. The fourth-order valence-corrected chi connectivity index (χ4v) is 3.99. The fraction of sp³-hybridized carbons (Fsp3) is 0.412. The molecular formula is C17H19NOS. The number of hydrogen-bond donors (Lipinski definition) is 0. The van der Waals surface area contributed by atoms with Crippen LogP contribution >= 0.6 is 11.3 Å². The summed E-state index contributed by atoms with van der Waals surface area (Å²) in [5.74, 6) is 0. The second-order valence-electron chi connectivity index (χ2n) is 5.37. The first kappa shape index (κ1) is 13.5. The van der Waals surface area contributed by atoms with Gasteiger partial charge in [-0.25, -0.2) is 4.98 Å². The molecule has 1 aromatic carbocycles. The molecule has 0 radical (unpaired) electrons. The van der Waals surface area contributed by atoms with Gasteiger partial charge in [0.05, 0.1) is 15.6 Å². The van der Waals surface area contributed by atoms with Crippen LogP contribution < -0.4 is 0 Å². The van der Waals surface area contributed by atoms with Crippen LogP contribution in [-0.4, -0.2) is 11.3 Å². The van der Waals surface area contributed by atoms with Crippen molar-refractivity contribution in [2.75, 3.05) is 0 Å². The van der Waals surface area contributed by atoms with E-state index in [0.717, 1.165) is 31.1 Å². The Hall–Kier alpha value is -1.48. The molecule has 3 heteroatoms. The summed E-state index contributed by atoms with van der Waals surface area (Å²) in [5, 5.41) is 1.27. The van der Waals surface area contributed by atoms with Crippen molar-refractivity contribution in [3.63, 3.8) is 0 Å². The predicted octanol–water partition coefficient (Wildman–Crippen LogP) is 4.45. The third kappa shape index (κ3) is 2.55. The Balaban J connectivity index is 1.89. The monoisotopic (exact) mass is 285 g/mol. The lowest BCUT2D eigenvalue weighted by Gasteiger charge is -2.15. The van der Waals surface area contributed by atoms with Crippen molar-refractivity contribution in [2.45, 2.75) is 45.4 Å². The second kappa shape index (κ2) is 5.88. The number of fused-ring (bicyclic) bond motifs is 3. The molecule has 0 saturated heterocycles. The number of carbonyl (C=O) groups is 1. The molecule has 20 heavy (non-hydrogen) atoms. The molecule has 0 saturated carbocycles. The molecule has 0 aliphatic heterocycles. The van der Waals surface area contributed by atoms with Crippen LogP contribution in [-0.2, 0) is 19.3 Å². The van der Waals surface area contributed by atoms with E-state index in [1.165, 1.54) is 46.0 Å².